The lowest BCUT2D eigenvalue weighted by atomic mass is 9.86. The van der Waals surface area contributed by atoms with Gasteiger partial charge in [-0.2, -0.15) is 5.10 Å². The number of carbonyl (C=O) groups is 1. The fourth-order valence-electron chi connectivity index (χ4n) is 2.78. The Morgan fingerprint density at radius 2 is 1.80 bits per heavy atom. The number of carbonyl (C=O) groups excluding carboxylic acids is 1. The first-order chi connectivity index (χ1) is 11.9. The van der Waals surface area contributed by atoms with Gasteiger partial charge in [0.2, 0.25) is 0 Å². The van der Waals surface area contributed by atoms with Crippen LogP contribution in [0.1, 0.15) is 42.4 Å². The normalized spacial score (nSPS) is 11.4. The van der Waals surface area contributed by atoms with Gasteiger partial charge < -0.3 is 5.32 Å². The largest absolute Gasteiger partial charge is 0.322 e. The zero-order chi connectivity index (χ0) is 18.0. The first-order valence-corrected chi connectivity index (χ1v) is 8.25. The van der Waals surface area contributed by atoms with E-state index in [9.17, 15) is 4.79 Å². The number of benzene rings is 1. The molecule has 2 heterocycles. The summed E-state index contributed by atoms with van der Waals surface area (Å²) in [6.45, 7) is 8.25. The Hall–Kier alpha value is -2.95. The van der Waals surface area contributed by atoms with Crippen LogP contribution in [0.15, 0.2) is 54.9 Å². The highest BCUT2D eigenvalue weighted by Crippen LogP contribution is 2.29. The molecule has 1 amide bonds. The quantitative estimate of drug-likeness (QED) is 0.783. The Bertz CT molecular complexity index is 892. The Morgan fingerprint density at radius 3 is 2.48 bits per heavy atom. The minimum Gasteiger partial charge on any atom is -0.322 e. The van der Waals surface area contributed by atoms with Crippen LogP contribution in [-0.2, 0) is 5.41 Å². The van der Waals surface area contributed by atoms with Gasteiger partial charge in [-0.1, -0.05) is 45.0 Å². The van der Waals surface area contributed by atoms with E-state index in [-0.39, 0.29) is 11.3 Å². The number of amides is 1. The molecule has 2 aromatic heterocycles. The number of hydrogen-bond donors (Lipinski definition) is 1. The molecule has 1 N–H and O–H groups in total. The molecule has 3 rings (SSSR count). The molecule has 0 spiro atoms. The summed E-state index contributed by atoms with van der Waals surface area (Å²) in [5, 5.41) is 7.34. The predicted molar refractivity (Wildman–Crippen MR) is 99.2 cm³/mol. The molecule has 0 aliphatic heterocycles. The fourth-order valence-corrected chi connectivity index (χ4v) is 2.78. The summed E-state index contributed by atoms with van der Waals surface area (Å²) in [4.78, 5) is 17.1. The number of hydrogen-bond acceptors (Lipinski definition) is 3. The highest BCUT2D eigenvalue weighted by atomic mass is 16.1. The van der Waals surface area contributed by atoms with E-state index in [1.54, 1.807) is 17.1 Å². The summed E-state index contributed by atoms with van der Waals surface area (Å²) in [5.41, 5.74) is 3.15. The van der Waals surface area contributed by atoms with Crippen molar-refractivity contribution in [2.24, 2.45) is 0 Å². The lowest BCUT2D eigenvalue weighted by Gasteiger charge is -2.23. The number of aromatic nitrogens is 3. The monoisotopic (exact) mass is 334 g/mol. The topological polar surface area (TPSA) is 59.8 Å². The third kappa shape index (κ3) is 3.45. The molecule has 1 aromatic carbocycles. The predicted octanol–water partition coefficient (Wildman–Crippen LogP) is 4.13. The van der Waals surface area contributed by atoms with Crippen LogP contribution in [0.5, 0.6) is 0 Å². The second-order valence-electron chi connectivity index (χ2n) is 6.99. The van der Waals surface area contributed by atoms with Crippen LogP contribution in [-0.4, -0.2) is 20.7 Å². The van der Waals surface area contributed by atoms with Crippen LogP contribution in [0, 0.1) is 6.92 Å². The van der Waals surface area contributed by atoms with Gasteiger partial charge in [-0.05, 0) is 36.1 Å². The summed E-state index contributed by atoms with van der Waals surface area (Å²) in [7, 11) is 0. The summed E-state index contributed by atoms with van der Waals surface area (Å²) < 4.78 is 1.67. The van der Waals surface area contributed by atoms with Gasteiger partial charge in [-0.15, -0.1) is 0 Å². The van der Waals surface area contributed by atoms with Gasteiger partial charge in [-0.25, -0.2) is 9.67 Å². The van der Waals surface area contributed by atoms with Crippen molar-refractivity contribution in [2.45, 2.75) is 33.1 Å². The van der Waals surface area contributed by atoms with E-state index in [0.717, 1.165) is 16.9 Å². The molecule has 0 bridgehead atoms. The molecule has 0 fully saturated rings. The molecule has 5 heteroatoms. The molecule has 0 aliphatic carbocycles. The molecular formula is C20H22N4O. The third-order valence-corrected chi connectivity index (χ3v) is 4.10. The van der Waals surface area contributed by atoms with Gasteiger partial charge in [0.1, 0.15) is 0 Å². The first kappa shape index (κ1) is 16.9. The molecule has 5 nitrogen and oxygen atoms in total. The summed E-state index contributed by atoms with van der Waals surface area (Å²) >= 11 is 0. The van der Waals surface area contributed by atoms with Gasteiger partial charge in [0.25, 0.3) is 5.91 Å². The van der Waals surface area contributed by atoms with E-state index in [0.29, 0.717) is 11.4 Å². The molecule has 0 atom stereocenters. The molecule has 0 saturated heterocycles. The summed E-state index contributed by atoms with van der Waals surface area (Å²) in [5.74, 6) is 0.519. The second-order valence-corrected chi connectivity index (χ2v) is 6.99. The Balaban J connectivity index is 1.90. The number of pyridine rings is 1. The van der Waals surface area contributed by atoms with Crippen LogP contribution < -0.4 is 5.32 Å². The molecule has 0 saturated carbocycles. The van der Waals surface area contributed by atoms with Crippen LogP contribution in [0.25, 0.3) is 5.82 Å². The maximum absolute atomic E-state index is 12.8. The van der Waals surface area contributed by atoms with E-state index in [4.69, 9.17) is 0 Å². The lowest BCUT2D eigenvalue weighted by molar-refractivity contribution is 0.102. The SMILES string of the molecule is Cc1c(C(=O)Nc2ccccc2C(C)(C)C)cnn1-c1ccccn1. The Morgan fingerprint density at radius 1 is 1.08 bits per heavy atom. The van der Waals surface area contributed by atoms with E-state index in [2.05, 4.69) is 36.2 Å². The number of para-hydroxylation sites is 1. The molecule has 0 unspecified atom stereocenters. The zero-order valence-electron chi connectivity index (χ0n) is 14.9. The van der Waals surface area contributed by atoms with E-state index >= 15 is 0 Å². The molecule has 0 radical (unpaired) electrons. The lowest BCUT2D eigenvalue weighted by Crippen LogP contribution is -2.19. The smallest absolute Gasteiger partial charge is 0.259 e. The van der Waals surface area contributed by atoms with Crippen LogP contribution in [0.4, 0.5) is 5.69 Å². The van der Waals surface area contributed by atoms with Crippen molar-refractivity contribution in [3.05, 3.63) is 71.7 Å². The number of anilines is 1. The van der Waals surface area contributed by atoms with Gasteiger partial charge in [0, 0.05) is 11.9 Å². The average molecular weight is 334 g/mol. The minimum absolute atomic E-state index is 0.0585. The van der Waals surface area contributed by atoms with Crippen molar-refractivity contribution in [2.75, 3.05) is 5.32 Å². The van der Waals surface area contributed by atoms with E-state index in [1.165, 1.54) is 0 Å². The van der Waals surface area contributed by atoms with Gasteiger partial charge in [-0.3, -0.25) is 4.79 Å². The Kier molecular flexibility index (Phi) is 4.40. The molecule has 128 valence electrons. The van der Waals surface area contributed by atoms with Crippen LogP contribution in [0.3, 0.4) is 0 Å². The van der Waals surface area contributed by atoms with Gasteiger partial charge in [0.15, 0.2) is 5.82 Å². The number of nitrogens with one attached hydrogen (secondary N) is 1. The van der Waals surface area contributed by atoms with Crippen molar-refractivity contribution in [3.63, 3.8) is 0 Å². The van der Waals surface area contributed by atoms with Crippen molar-refractivity contribution < 1.29 is 4.79 Å². The molecule has 0 aliphatic rings. The molecule has 25 heavy (non-hydrogen) atoms. The van der Waals surface area contributed by atoms with Crippen molar-refractivity contribution in [1.29, 1.82) is 0 Å². The summed E-state index contributed by atoms with van der Waals surface area (Å²) in [6.07, 6.45) is 3.29. The van der Waals surface area contributed by atoms with Gasteiger partial charge >= 0.3 is 0 Å². The van der Waals surface area contributed by atoms with Crippen LogP contribution in [0.2, 0.25) is 0 Å². The standard InChI is InChI=1S/C20H22N4O/c1-14-15(13-22-24(14)18-11-7-8-12-21-18)19(25)23-17-10-6-5-9-16(17)20(2,3)4/h5-13H,1-4H3,(H,23,25). The average Bonchev–Trinajstić information content (AvgIpc) is 2.97. The van der Waals surface area contributed by atoms with Crippen molar-refractivity contribution in [1.82, 2.24) is 14.8 Å². The highest BCUT2D eigenvalue weighted by molar-refractivity contribution is 6.05. The number of nitrogens with zero attached hydrogens (tertiary/aromatic N) is 3. The van der Waals surface area contributed by atoms with Gasteiger partial charge in [0.05, 0.1) is 17.5 Å². The third-order valence-electron chi connectivity index (χ3n) is 4.10. The van der Waals surface area contributed by atoms with Crippen molar-refractivity contribution >= 4 is 11.6 Å². The maximum Gasteiger partial charge on any atom is 0.259 e. The minimum atomic E-state index is -0.170. The Labute approximate surface area is 147 Å². The van der Waals surface area contributed by atoms with E-state index < -0.39 is 0 Å². The highest BCUT2D eigenvalue weighted by Gasteiger charge is 2.21. The molecular weight excluding hydrogens is 312 g/mol. The van der Waals surface area contributed by atoms with E-state index in [1.807, 2.05) is 49.4 Å². The second kappa shape index (κ2) is 6.51. The summed E-state index contributed by atoms with van der Waals surface area (Å²) in [6, 6.07) is 13.5. The fraction of sp³-hybridized carbons (Fsp3) is 0.250. The zero-order valence-corrected chi connectivity index (χ0v) is 14.9. The van der Waals surface area contributed by atoms with Crippen molar-refractivity contribution in [3.8, 4) is 5.82 Å². The molecule has 3 aromatic rings. The van der Waals surface area contributed by atoms with Crippen LogP contribution >= 0.6 is 0 Å². The first-order valence-electron chi connectivity index (χ1n) is 8.25. The number of rotatable bonds is 3. The maximum atomic E-state index is 12.8.